The molecule has 0 aromatic carbocycles. The molecule has 1 aliphatic rings. The zero-order valence-electron chi connectivity index (χ0n) is 11.1. The van der Waals surface area contributed by atoms with E-state index in [1.54, 1.807) is 0 Å². The van der Waals surface area contributed by atoms with Gasteiger partial charge in [0.15, 0.2) is 0 Å². The van der Waals surface area contributed by atoms with Crippen molar-refractivity contribution in [3.8, 4) is 0 Å². The molecule has 6 heteroatoms. The lowest BCUT2D eigenvalue weighted by molar-refractivity contribution is 0.0637. The molecule has 104 valence electrons. The second kappa shape index (κ2) is 5.43. The van der Waals surface area contributed by atoms with Gasteiger partial charge in [0.25, 0.3) is 5.91 Å². The largest absolute Gasteiger partial charge is 0.394 e. The first-order chi connectivity index (χ1) is 8.97. The molecule has 0 saturated heterocycles. The first kappa shape index (κ1) is 14.2. The number of carbonyl (C=O) groups excluding carboxylic acids is 1. The Hall–Kier alpha value is -1.20. The van der Waals surface area contributed by atoms with Crippen LogP contribution in [0.1, 0.15) is 55.3 Å². The zero-order chi connectivity index (χ0) is 14.0. The molecule has 0 unspecified atom stereocenters. The maximum Gasteiger partial charge on any atom is 0.272 e. The first-order valence-electron chi connectivity index (χ1n) is 6.43. The van der Waals surface area contributed by atoms with Gasteiger partial charge in [-0.3, -0.25) is 4.79 Å². The minimum Gasteiger partial charge on any atom is -0.394 e. The van der Waals surface area contributed by atoms with Crippen molar-refractivity contribution >= 4 is 17.5 Å². The average molecular weight is 284 g/mol. The summed E-state index contributed by atoms with van der Waals surface area (Å²) in [4.78, 5) is 20.5. The number of rotatable bonds is 4. The standard InChI is InChI=1S/C13H18ClN3O2/c1-8(2)11-15-6-9(14)10(16-11)12(19)17-13(7-18)4-3-5-13/h6,8,18H,3-5,7H2,1-2H3,(H,17,19). The van der Waals surface area contributed by atoms with Crippen molar-refractivity contribution in [3.63, 3.8) is 0 Å². The van der Waals surface area contributed by atoms with Gasteiger partial charge in [-0.2, -0.15) is 0 Å². The molecule has 0 aliphatic heterocycles. The zero-order valence-corrected chi connectivity index (χ0v) is 11.9. The van der Waals surface area contributed by atoms with E-state index in [1.165, 1.54) is 6.20 Å². The van der Waals surface area contributed by atoms with Crippen LogP contribution in [0.25, 0.3) is 0 Å². The molecule has 2 rings (SSSR count). The normalized spacial score (nSPS) is 17.1. The number of halogens is 1. The van der Waals surface area contributed by atoms with Crippen LogP contribution in [0.5, 0.6) is 0 Å². The summed E-state index contributed by atoms with van der Waals surface area (Å²) in [7, 11) is 0. The third-order valence-corrected chi connectivity index (χ3v) is 3.76. The van der Waals surface area contributed by atoms with Crippen LogP contribution in [0, 0.1) is 0 Å². The molecule has 5 nitrogen and oxygen atoms in total. The van der Waals surface area contributed by atoms with Crippen molar-refractivity contribution in [2.24, 2.45) is 0 Å². The Kier molecular flexibility index (Phi) is 4.06. The number of aromatic nitrogens is 2. The first-order valence-corrected chi connectivity index (χ1v) is 6.81. The van der Waals surface area contributed by atoms with Crippen LogP contribution >= 0.6 is 11.6 Å². The fraction of sp³-hybridized carbons (Fsp3) is 0.615. The summed E-state index contributed by atoms with van der Waals surface area (Å²) in [5, 5.41) is 12.4. The molecule has 1 aromatic heterocycles. The molecule has 1 saturated carbocycles. The van der Waals surface area contributed by atoms with E-state index in [-0.39, 0.29) is 29.1 Å². The monoisotopic (exact) mass is 283 g/mol. The second-order valence-corrected chi connectivity index (χ2v) is 5.73. The van der Waals surface area contributed by atoms with Gasteiger partial charge in [-0.15, -0.1) is 0 Å². The number of hydrogen-bond donors (Lipinski definition) is 2. The molecule has 2 N–H and O–H groups in total. The predicted molar refractivity (Wildman–Crippen MR) is 72.3 cm³/mol. The number of carbonyl (C=O) groups is 1. The third-order valence-electron chi connectivity index (χ3n) is 3.49. The van der Waals surface area contributed by atoms with Gasteiger partial charge in [0.1, 0.15) is 11.5 Å². The molecule has 19 heavy (non-hydrogen) atoms. The molecule has 1 amide bonds. The van der Waals surface area contributed by atoms with Crippen molar-refractivity contribution in [1.82, 2.24) is 15.3 Å². The predicted octanol–water partition coefficient (Wildman–Crippen LogP) is 1.90. The van der Waals surface area contributed by atoms with E-state index < -0.39 is 5.54 Å². The fourth-order valence-corrected chi connectivity index (χ4v) is 2.22. The Morgan fingerprint density at radius 2 is 2.26 bits per heavy atom. The second-order valence-electron chi connectivity index (χ2n) is 5.33. The molecule has 0 bridgehead atoms. The Bertz CT molecular complexity index is 481. The summed E-state index contributed by atoms with van der Waals surface area (Å²) < 4.78 is 0. The molecule has 0 spiro atoms. The Morgan fingerprint density at radius 1 is 1.58 bits per heavy atom. The summed E-state index contributed by atoms with van der Waals surface area (Å²) in [5.74, 6) is 0.364. The van der Waals surface area contributed by atoms with Crippen LogP contribution < -0.4 is 5.32 Å². The van der Waals surface area contributed by atoms with Crippen molar-refractivity contribution in [3.05, 3.63) is 22.7 Å². The number of nitrogens with one attached hydrogen (secondary N) is 1. The van der Waals surface area contributed by atoms with Gasteiger partial charge in [0, 0.05) is 5.92 Å². The Morgan fingerprint density at radius 3 is 2.74 bits per heavy atom. The topological polar surface area (TPSA) is 75.1 Å². The van der Waals surface area contributed by atoms with Crippen LogP contribution in [0.15, 0.2) is 6.20 Å². The number of aliphatic hydroxyl groups excluding tert-OH is 1. The average Bonchev–Trinajstić information content (AvgIpc) is 2.33. The van der Waals surface area contributed by atoms with E-state index in [0.717, 1.165) is 19.3 Å². The smallest absolute Gasteiger partial charge is 0.272 e. The minimum atomic E-state index is -0.497. The minimum absolute atomic E-state index is 0.0571. The van der Waals surface area contributed by atoms with Gasteiger partial charge in [-0.1, -0.05) is 25.4 Å². The molecule has 0 radical (unpaired) electrons. The van der Waals surface area contributed by atoms with Gasteiger partial charge in [-0.25, -0.2) is 9.97 Å². The maximum atomic E-state index is 12.2. The third kappa shape index (κ3) is 2.87. The van der Waals surface area contributed by atoms with Gasteiger partial charge in [-0.05, 0) is 19.3 Å². The number of hydrogen-bond acceptors (Lipinski definition) is 4. The highest BCUT2D eigenvalue weighted by molar-refractivity contribution is 6.33. The highest BCUT2D eigenvalue weighted by atomic mass is 35.5. The summed E-state index contributed by atoms with van der Waals surface area (Å²) >= 11 is 5.98. The lowest BCUT2D eigenvalue weighted by atomic mass is 9.77. The van der Waals surface area contributed by atoms with Crippen molar-refractivity contribution in [2.45, 2.75) is 44.6 Å². The van der Waals surface area contributed by atoms with E-state index in [4.69, 9.17) is 11.6 Å². The highest BCUT2D eigenvalue weighted by Gasteiger charge is 2.38. The number of amides is 1. The maximum absolute atomic E-state index is 12.2. The number of nitrogens with zero attached hydrogens (tertiary/aromatic N) is 2. The molecule has 1 aliphatic carbocycles. The van der Waals surface area contributed by atoms with Gasteiger partial charge in [0.2, 0.25) is 0 Å². The van der Waals surface area contributed by atoms with Crippen LogP contribution in [0.4, 0.5) is 0 Å². The van der Waals surface area contributed by atoms with E-state index in [2.05, 4.69) is 15.3 Å². The Labute approximate surface area is 117 Å². The molecule has 1 aromatic rings. The quantitative estimate of drug-likeness (QED) is 0.885. The molecule has 0 atom stereocenters. The van der Waals surface area contributed by atoms with Crippen LogP contribution in [-0.4, -0.2) is 33.1 Å². The van der Waals surface area contributed by atoms with E-state index in [9.17, 15) is 9.90 Å². The van der Waals surface area contributed by atoms with Crippen LogP contribution in [0.2, 0.25) is 5.02 Å². The fourth-order valence-electron chi connectivity index (χ4n) is 2.04. The van der Waals surface area contributed by atoms with E-state index in [0.29, 0.717) is 5.82 Å². The van der Waals surface area contributed by atoms with Crippen LogP contribution in [-0.2, 0) is 0 Å². The summed E-state index contributed by atoms with van der Waals surface area (Å²) in [6.07, 6.45) is 4.03. The van der Waals surface area contributed by atoms with Crippen LogP contribution in [0.3, 0.4) is 0 Å². The number of aliphatic hydroxyl groups is 1. The van der Waals surface area contributed by atoms with Gasteiger partial charge >= 0.3 is 0 Å². The SMILES string of the molecule is CC(C)c1ncc(Cl)c(C(=O)NC2(CO)CCC2)n1. The summed E-state index contributed by atoms with van der Waals surface area (Å²) in [6.45, 7) is 3.84. The van der Waals surface area contributed by atoms with E-state index >= 15 is 0 Å². The molecule has 1 fully saturated rings. The lowest BCUT2D eigenvalue weighted by Gasteiger charge is -2.40. The van der Waals surface area contributed by atoms with E-state index in [1.807, 2.05) is 13.8 Å². The summed E-state index contributed by atoms with van der Waals surface area (Å²) in [6, 6.07) is 0. The van der Waals surface area contributed by atoms with Crippen molar-refractivity contribution in [2.75, 3.05) is 6.61 Å². The molecule has 1 heterocycles. The lowest BCUT2D eigenvalue weighted by Crippen LogP contribution is -2.56. The van der Waals surface area contributed by atoms with Crippen molar-refractivity contribution in [1.29, 1.82) is 0 Å². The molecular formula is C13H18ClN3O2. The van der Waals surface area contributed by atoms with Gasteiger partial charge in [0.05, 0.1) is 23.4 Å². The van der Waals surface area contributed by atoms with Gasteiger partial charge < -0.3 is 10.4 Å². The summed E-state index contributed by atoms with van der Waals surface area (Å²) in [5.41, 5.74) is -0.316. The Balaban J connectivity index is 2.21. The van der Waals surface area contributed by atoms with Crippen molar-refractivity contribution < 1.29 is 9.90 Å². The highest BCUT2D eigenvalue weighted by Crippen LogP contribution is 2.31. The molecular weight excluding hydrogens is 266 g/mol.